The van der Waals surface area contributed by atoms with E-state index in [-0.39, 0.29) is 27.6 Å². The second kappa shape index (κ2) is 8.43. The summed E-state index contributed by atoms with van der Waals surface area (Å²) in [6.07, 6.45) is 2.52. The topological polar surface area (TPSA) is 126 Å². The van der Waals surface area contributed by atoms with Gasteiger partial charge in [-0.3, -0.25) is 9.78 Å². The summed E-state index contributed by atoms with van der Waals surface area (Å²) in [5, 5.41) is 19.1. The lowest BCUT2D eigenvalue weighted by atomic mass is 9.87. The predicted octanol–water partition coefficient (Wildman–Crippen LogP) is 1.03. The number of nitrogens with zero attached hydrogens (tertiary/aromatic N) is 4. The maximum Gasteiger partial charge on any atom is 0.509 e. The molecule has 4 rings (SSSR count). The van der Waals surface area contributed by atoms with E-state index >= 15 is 0 Å². The van der Waals surface area contributed by atoms with Gasteiger partial charge in [0.25, 0.3) is 15.9 Å². The van der Waals surface area contributed by atoms with Crippen LogP contribution in [0, 0.1) is 6.92 Å². The van der Waals surface area contributed by atoms with E-state index in [1.807, 2.05) is 6.92 Å². The van der Waals surface area contributed by atoms with Crippen molar-refractivity contribution in [3.63, 3.8) is 0 Å². The Morgan fingerprint density at radius 3 is 2.24 bits per heavy atom. The Kier molecular flexibility index (Phi) is 5.79. The van der Waals surface area contributed by atoms with Crippen LogP contribution < -0.4 is 5.59 Å². The Morgan fingerprint density at radius 1 is 1.03 bits per heavy atom. The number of carbonyl (C=O) groups excluding carboxylic acids is 1. The summed E-state index contributed by atoms with van der Waals surface area (Å²) < 4.78 is 27.8. The highest BCUT2D eigenvalue weighted by molar-refractivity contribution is 7.90. The monoisotopic (exact) mass is 464 g/mol. The Hall–Kier alpha value is -3.54. The van der Waals surface area contributed by atoms with Gasteiger partial charge in [0.1, 0.15) is 5.52 Å². The van der Waals surface area contributed by atoms with E-state index in [9.17, 15) is 23.3 Å². The SMILES string of the molecule is Cc1ccc(S(=O)(=O)n2cc(-c3ccc(C(=O)N(C)C)cc3)c3nc(B(O)O)cnc32)cc1. The number of fused-ring (bicyclic) bond motifs is 1. The molecular weight excluding hydrogens is 443 g/mol. The molecule has 0 fully saturated rings. The van der Waals surface area contributed by atoms with E-state index in [2.05, 4.69) is 9.97 Å². The van der Waals surface area contributed by atoms with Crippen LogP contribution in [0.4, 0.5) is 0 Å². The van der Waals surface area contributed by atoms with Crippen molar-refractivity contribution in [3.8, 4) is 11.1 Å². The van der Waals surface area contributed by atoms with Crippen molar-refractivity contribution in [1.82, 2.24) is 18.8 Å². The first kappa shape index (κ1) is 22.7. The number of aryl methyl sites for hydroxylation is 1. The molecule has 0 radical (unpaired) electrons. The highest BCUT2D eigenvalue weighted by Crippen LogP contribution is 2.31. The maximum absolute atomic E-state index is 13.4. The summed E-state index contributed by atoms with van der Waals surface area (Å²) in [5.41, 5.74) is 2.50. The third-order valence-corrected chi connectivity index (χ3v) is 6.84. The Balaban J connectivity index is 1.92. The highest BCUT2D eigenvalue weighted by Gasteiger charge is 2.25. The van der Waals surface area contributed by atoms with Crippen LogP contribution >= 0.6 is 0 Å². The lowest BCUT2D eigenvalue weighted by Gasteiger charge is -2.10. The lowest BCUT2D eigenvalue weighted by Crippen LogP contribution is -2.33. The minimum atomic E-state index is -4.01. The fourth-order valence-corrected chi connectivity index (χ4v) is 4.68. The van der Waals surface area contributed by atoms with Gasteiger partial charge in [0, 0.05) is 37.6 Å². The van der Waals surface area contributed by atoms with Crippen molar-refractivity contribution in [2.24, 2.45) is 0 Å². The normalized spacial score (nSPS) is 11.5. The van der Waals surface area contributed by atoms with Gasteiger partial charge in [0.2, 0.25) is 0 Å². The quantitative estimate of drug-likeness (QED) is 0.423. The van der Waals surface area contributed by atoms with Crippen LogP contribution in [-0.2, 0) is 10.0 Å². The van der Waals surface area contributed by atoms with Crippen LogP contribution in [0.2, 0.25) is 0 Å². The Bertz CT molecular complexity index is 1450. The molecule has 2 heterocycles. The van der Waals surface area contributed by atoms with Gasteiger partial charge in [0.15, 0.2) is 5.65 Å². The number of amides is 1. The average Bonchev–Trinajstić information content (AvgIpc) is 3.18. The van der Waals surface area contributed by atoms with Crippen LogP contribution in [0.25, 0.3) is 22.3 Å². The predicted molar refractivity (Wildman–Crippen MR) is 125 cm³/mol. The third kappa shape index (κ3) is 4.13. The van der Waals surface area contributed by atoms with Gasteiger partial charge >= 0.3 is 7.12 Å². The molecule has 0 saturated carbocycles. The summed E-state index contributed by atoms with van der Waals surface area (Å²) in [5.74, 6) is -0.170. The van der Waals surface area contributed by atoms with Crippen LogP contribution in [0.3, 0.4) is 0 Å². The molecule has 11 heteroatoms. The molecule has 9 nitrogen and oxygen atoms in total. The molecule has 0 unspecified atom stereocenters. The summed E-state index contributed by atoms with van der Waals surface area (Å²) >= 11 is 0. The molecule has 0 bridgehead atoms. The van der Waals surface area contributed by atoms with E-state index in [1.165, 1.54) is 23.2 Å². The standard InChI is InChI=1S/C22H21BN4O5S/c1-14-4-10-17(11-5-14)33(31,32)27-13-18(20-21(27)24-12-19(25-20)23(29)30)15-6-8-16(9-7-15)22(28)26(2)3/h4-13,29-30H,1-3H3. The zero-order chi connectivity index (χ0) is 23.9. The molecule has 33 heavy (non-hydrogen) atoms. The van der Waals surface area contributed by atoms with Gasteiger partial charge in [-0.2, -0.15) is 0 Å². The molecule has 0 aliphatic carbocycles. The van der Waals surface area contributed by atoms with Crippen LogP contribution in [0.15, 0.2) is 65.8 Å². The minimum Gasteiger partial charge on any atom is -0.422 e. The maximum atomic E-state index is 13.4. The van der Waals surface area contributed by atoms with Crippen molar-refractivity contribution in [2.75, 3.05) is 14.1 Å². The number of carbonyl (C=O) groups is 1. The molecule has 0 atom stereocenters. The fourth-order valence-electron chi connectivity index (χ4n) is 3.37. The van der Waals surface area contributed by atoms with Gasteiger partial charge < -0.3 is 14.9 Å². The van der Waals surface area contributed by atoms with E-state index < -0.39 is 17.1 Å². The molecule has 0 aliphatic rings. The zero-order valence-corrected chi connectivity index (χ0v) is 19.0. The molecule has 2 aromatic heterocycles. The molecule has 0 aliphatic heterocycles. The second-order valence-corrected chi connectivity index (χ2v) is 9.59. The molecule has 168 valence electrons. The van der Waals surface area contributed by atoms with Crippen LogP contribution in [0.1, 0.15) is 15.9 Å². The molecule has 1 amide bonds. The van der Waals surface area contributed by atoms with E-state index in [0.717, 1.165) is 15.7 Å². The second-order valence-electron chi connectivity index (χ2n) is 7.77. The Morgan fingerprint density at radius 2 is 1.67 bits per heavy atom. The number of benzene rings is 2. The first-order valence-corrected chi connectivity index (χ1v) is 11.4. The average molecular weight is 464 g/mol. The number of hydrogen-bond acceptors (Lipinski definition) is 7. The summed E-state index contributed by atoms with van der Waals surface area (Å²) in [6, 6.07) is 13.0. The summed E-state index contributed by atoms with van der Waals surface area (Å²) in [4.78, 5) is 22.2. The minimum absolute atomic E-state index is 0.0448. The number of hydrogen-bond donors (Lipinski definition) is 2. The number of aromatic nitrogens is 3. The lowest BCUT2D eigenvalue weighted by molar-refractivity contribution is 0.0827. The van der Waals surface area contributed by atoms with Gasteiger partial charge in [-0.1, -0.05) is 29.8 Å². The fraction of sp³-hybridized carbons (Fsp3) is 0.136. The van der Waals surface area contributed by atoms with Gasteiger partial charge in [-0.15, -0.1) is 0 Å². The number of rotatable bonds is 5. The first-order valence-electron chi connectivity index (χ1n) is 9.98. The molecule has 2 N–H and O–H groups in total. The van der Waals surface area contributed by atoms with Gasteiger partial charge in [-0.05, 0) is 36.8 Å². The van der Waals surface area contributed by atoms with Crippen LogP contribution in [0.5, 0.6) is 0 Å². The van der Waals surface area contributed by atoms with Crippen molar-refractivity contribution in [1.29, 1.82) is 0 Å². The van der Waals surface area contributed by atoms with E-state index in [4.69, 9.17) is 0 Å². The molecule has 0 spiro atoms. The molecule has 0 saturated heterocycles. The summed E-state index contributed by atoms with van der Waals surface area (Å²) in [7, 11) is -2.58. The highest BCUT2D eigenvalue weighted by atomic mass is 32.2. The van der Waals surface area contributed by atoms with Crippen molar-refractivity contribution in [2.45, 2.75) is 11.8 Å². The zero-order valence-electron chi connectivity index (χ0n) is 18.2. The molecule has 2 aromatic carbocycles. The van der Waals surface area contributed by atoms with E-state index in [0.29, 0.717) is 16.7 Å². The van der Waals surface area contributed by atoms with Gasteiger partial charge in [-0.25, -0.2) is 17.4 Å². The van der Waals surface area contributed by atoms with Crippen LogP contribution in [-0.4, -0.2) is 64.4 Å². The van der Waals surface area contributed by atoms with Crippen molar-refractivity contribution >= 4 is 39.8 Å². The smallest absolute Gasteiger partial charge is 0.422 e. The molecular formula is C22H21BN4O5S. The van der Waals surface area contributed by atoms with Gasteiger partial charge in [0.05, 0.1) is 10.5 Å². The first-order chi connectivity index (χ1) is 15.6. The Labute approximate surface area is 191 Å². The summed E-state index contributed by atoms with van der Waals surface area (Å²) in [6.45, 7) is 1.86. The van der Waals surface area contributed by atoms with E-state index in [1.54, 1.807) is 50.5 Å². The van der Waals surface area contributed by atoms with Crippen molar-refractivity contribution in [3.05, 3.63) is 72.1 Å². The third-order valence-electron chi connectivity index (χ3n) is 5.17. The molecule has 4 aromatic rings. The largest absolute Gasteiger partial charge is 0.509 e. The van der Waals surface area contributed by atoms with Crippen molar-refractivity contribution < 1.29 is 23.3 Å².